The van der Waals surface area contributed by atoms with Crippen molar-refractivity contribution in [2.75, 3.05) is 4.90 Å². The van der Waals surface area contributed by atoms with Crippen molar-refractivity contribution in [2.45, 2.75) is 31.0 Å². The molecule has 11 heteroatoms. The molecule has 1 aliphatic carbocycles. The van der Waals surface area contributed by atoms with Gasteiger partial charge in [-0.25, -0.2) is 9.79 Å². The number of benzene rings is 3. The monoisotopic (exact) mass is 567 g/mol. The fourth-order valence-corrected chi connectivity index (χ4v) is 5.34. The first-order chi connectivity index (χ1) is 18.6. The number of carbonyl (C=O) groups is 1. The van der Waals surface area contributed by atoms with Crippen LogP contribution in [0.1, 0.15) is 22.3 Å². The molecule has 0 saturated heterocycles. The highest BCUT2D eigenvalue weighted by molar-refractivity contribution is 7.98. The Morgan fingerprint density at radius 3 is 2.62 bits per heavy atom. The number of alkyl halides is 3. The van der Waals surface area contributed by atoms with Crippen LogP contribution in [0.2, 0.25) is 5.02 Å². The molecular weight excluding hydrogens is 547 g/mol. The van der Waals surface area contributed by atoms with Crippen molar-refractivity contribution in [3.8, 4) is 0 Å². The molecule has 0 radical (unpaired) electrons. The van der Waals surface area contributed by atoms with Crippen LogP contribution >= 0.6 is 23.5 Å². The zero-order valence-electron chi connectivity index (χ0n) is 20.7. The molecule has 1 N–H and O–H groups in total. The van der Waals surface area contributed by atoms with Gasteiger partial charge in [0, 0.05) is 10.1 Å². The van der Waals surface area contributed by atoms with Crippen molar-refractivity contribution in [3.05, 3.63) is 98.4 Å². The van der Waals surface area contributed by atoms with Gasteiger partial charge >= 0.3 is 12.2 Å². The summed E-state index contributed by atoms with van der Waals surface area (Å²) in [7, 11) is 0. The summed E-state index contributed by atoms with van der Waals surface area (Å²) < 4.78 is 41.8. The number of halogens is 4. The number of anilines is 1. The Labute approximate surface area is 231 Å². The van der Waals surface area contributed by atoms with Gasteiger partial charge in [0.1, 0.15) is 0 Å². The molecule has 1 aliphatic heterocycles. The van der Waals surface area contributed by atoms with Crippen molar-refractivity contribution < 1.29 is 18.0 Å². The second kappa shape index (κ2) is 10.7. The van der Waals surface area contributed by atoms with Crippen molar-refractivity contribution in [1.82, 2.24) is 4.72 Å². The maximum Gasteiger partial charge on any atom is 0.416 e. The summed E-state index contributed by atoms with van der Waals surface area (Å²) in [5, 5.41) is 9.21. The van der Waals surface area contributed by atoms with E-state index in [1.165, 1.54) is 24.2 Å². The highest BCUT2D eigenvalue weighted by Gasteiger charge is 2.33. The van der Waals surface area contributed by atoms with Crippen LogP contribution in [0.15, 0.2) is 80.8 Å². The van der Waals surface area contributed by atoms with Gasteiger partial charge in [-0.1, -0.05) is 59.2 Å². The summed E-state index contributed by atoms with van der Waals surface area (Å²) in [4.78, 5) is 19.3. The number of rotatable bonds is 4. The van der Waals surface area contributed by atoms with Gasteiger partial charge in [0.05, 0.1) is 40.6 Å². The Balaban J connectivity index is 1.31. The molecule has 1 unspecified atom stereocenters. The van der Waals surface area contributed by atoms with Crippen LogP contribution in [-0.2, 0) is 6.18 Å². The Bertz CT molecular complexity index is 1660. The number of amides is 2. The van der Waals surface area contributed by atoms with Crippen LogP contribution in [-0.4, -0.2) is 18.4 Å². The third-order valence-electron chi connectivity index (χ3n) is 6.27. The molecule has 198 valence electrons. The van der Waals surface area contributed by atoms with Gasteiger partial charge in [-0.3, -0.25) is 4.72 Å². The second-order valence-electron chi connectivity index (χ2n) is 8.93. The zero-order valence-corrected chi connectivity index (χ0v) is 22.3. The van der Waals surface area contributed by atoms with Crippen LogP contribution in [0.25, 0.3) is 18.0 Å². The molecule has 0 aromatic heterocycles. The van der Waals surface area contributed by atoms with Crippen molar-refractivity contribution in [2.24, 2.45) is 15.2 Å². The number of azo groups is 1. The maximum absolute atomic E-state index is 13.0. The highest BCUT2D eigenvalue weighted by atomic mass is 35.5. The minimum absolute atomic E-state index is 0.0106. The van der Waals surface area contributed by atoms with Crippen molar-refractivity contribution >= 4 is 59.6 Å². The van der Waals surface area contributed by atoms with Gasteiger partial charge in [-0.05, 0) is 72.0 Å². The molecule has 1 atom stereocenters. The van der Waals surface area contributed by atoms with Crippen LogP contribution in [0.4, 0.5) is 23.7 Å². The summed E-state index contributed by atoms with van der Waals surface area (Å²) in [5.74, 6) is 0. The van der Waals surface area contributed by atoms with Crippen molar-refractivity contribution in [1.29, 1.82) is 0 Å². The second-order valence-corrected chi connectivity index (χ2v) is 10.2. The first-order valence-electron chi connectivity index (χ1n) is 11.8. The van der Waals surface area contributed by atoms with Gasteiger partial charge in [0.2, 0.25) is 0 Å². The molecule has 2 amide bonds. The Morgan fingerprint density at radius 1 is 1.13 bits per heavy atom. The van der Waals surface area contributed by atoms with Crippen LogP contribution in [0.5, 0.6) is 0 Å². The molecule has 3 aromatic rings. The topological polar surface area (TPSA) is 69.4 Å². The minimum atomic E-state index is -4.47. The lowest BCUT2D eigenvalue weighted by Gasteiger charge is -2.25. The SMILES string of the molecule is Cc1cccc(C)c1SNC(=O)N=N/C=c1\ccc2c(c1)C=CC1C=2N=CN1c1ccc(C(F)(F)F)cc1Cl. The van der Waals surface area contributed by atoms with E-state index >= 15 is 0 Å². The molecule has 0 spiro atoms. The minimum Gasteiger partial charge on any atom is -0.318 e. The predicted molar refractivity (Wildman–Crippen MR) is 149 cm³/mol. The van der Waals surface area contributed by atoms with Crippen LogP contribution < -0.4 is 20.1 Å². The van der Waals surface area contributed by atoms with E-state index in [2.05, 4.69) is 19.9 Å². The average molecular weight is 568 g/mol. The summed E-state index contributed by atoms with van der Waals surface area (Å²) >= 11 is 7.42. The van der Waals surface area contributed by atoms with Crippen LogP contribution in [0.3, 0.4) is 0 Å². The van der Waals surface area contributed by atoms with E-state index in [4.69, 9.17) is 11.6 Å². The van der Waals surface area contributed by atoms with E-state index < -0.39 is 17.8 Å². The lowest BCUT2D eigenvalue weighted by atomic mass is 9.99. The highest BCUT2D eigenvalue weighted by Crippen LogP contribution is 2.38. The summed E-state index contributed by atoms with van der Waals surface area (Å²) in [6.45, 7) is 3.94. The quantitative estimate of drug-likeness (QED) is 0.284. The first-order valence-corrected chi connectivity index (χ1v) is 13.0. The molecule has 2 aliphatic rings. The zero-order chi connectivity index (χ0) is 27.7. The lowest BCUT2D eigenvalue weighted by Crippen LogP contribution is -2.33. The third kappa shape index (κ3) is 5.62. The summed E-state index contributed by atoms with van der Waals surface area (Å²) in [6.07, 6.45) is 2.39. The van der Waals surface area contributed by atoms with E-state index in [0.717, 1.165) is 49.9 Å². The lowest BCUT2D eigenvalue weighted by molar-refractivity contribution is -0.137. The maximum atomic E-state index is 13.0. The molecule has 0 bridgehead atoms. The fourth-order valence-electron chi connectivity index (χ4n) is 4.37. The number of hydrogen-bond donors (Lipinski definition) is 1. The molecule has 5 rings (SSSR count). The number of aryl methyl sites for hydroxylation is 2. The van der Waals surface area contributed by atoms with Gasteiger partial charge in [0.25, 0.3) is 0 Å². The van der Waals surface area contributed by atoms with Crippen LogP contribution in [0, 0.1) is 13.8 Å². The summed E-state index contributed by atoms with van der Waals surface area (Å²) in [5.41, 5.74) is 3.38. The van der Waals surface area contributed by atoms with Gasteiger partial charge in [-0.15, -0.1) is 0 Å². The van der Waals surface area contributed by atoms with Gasteiger partial charge in [0.15, 0.2) is 0 Å². The number of hydrogen-bond acceptors (Lipinski definition) is 5. The fraction of sp³-hybridized carbons (Fsp3) is 0.143. The van der Waals surface area contributed by atoms with E-state index in [9.17, 15) is 18.0 Å². The Kier molecular flexibility index (Phi) is 7.33. The molecule has 3 aromatic carbocycles. The molecule has 1 heterocycles. The van der Waals surface area contributed by atoms with E-state index in [1.54, 1.807) is 11.2 Å². The summed E-state index contributed by atoms with van der Waals surface area (Å²) in [6, 6.07) is 13.9. The number of urea groups is 1. The number of nitrogens with one attached hydrogen (secondary N) is 1. The first kappa shape index (κ1) is 26.7. The molecular formula is C28H21ClF3N5OS. The molecule has 6 nitrogen and oxygen atoms in total. The third-order valence-corrected chi connectivity index (χ3v) is 7.70. The normalized spacial score (nSPS) is 16.7. The van der Waals surface area contributed by atoms with E-state index in [0.29, 0.717) is 5.69 Å². The number of fused-ring (bicyclic) bond motifs is 2. The Hall–Kier alpha value is -3.89. The van der Waals surface area contributed by atoms with Gasteiger partial charge < -0.3 is 4.90 Å². The molecule has 39 heavy (non-hydrogen) atoms. The average Bonchev–Trinajstić information content (AvgIpc) is 3.32. The standard InChI is InChI=1S/C28H21ClF3N5OS/c1-16-4-3-5-17(2)26(16)39-36-27(38)35-34-14-18-6-9-21-19(12-18)7-10-24-25(21)33-15-37(24)23-11-8-20(13-22(23)29)28(30,31)32/h3-15,24H,1-2H3,(H,36,38)/b18-14+,35-34?. The van der Waals surface area contributed by atoms with Gasteiger partial charge in [-0.2, -0.15) is 18.3 Å². The smallest absolute Gasteiger partial charge is 0.318 e. The number of nitrogens with zero attached hydrogens (tertiary/aromatic N) is 4. The van der Waals surface area contributed by atoms with E-state index in [-0.39, 0.29) is 11.1 Å². The Morgan fingerprint density at radius 2 is 1.90 bits per heavy atom. The van der Waals surface area contributed by atoms with E-state index in [1.807, 2.05) is 62.4 Å². The molecule has 0 saturated carbocycles. The predicted octanol–water partition coefficient (Wildman–Crippen LogP) is 6.63. The largest absolute Gasteiger partial charge is 0.416 e. The number of aliphatic imine (C=N–C) groups is 1. The molecule has 0 fully saturated rings. The van der Waals surface area contributed by atoms with Crippen molar-refractivity contribution in [3.63, 3.8) is 0 Å². The number of carbonyl (C=O) groups excluding carboxylic acids is 1.